The number of halogens is 2. The molecule has 0 nitrogen and oxygen atoms in total. The summed E-state index contributed by atoms with van der Waals surface area (Å²) >= 11 is 0.0413. The molecule has 55 heavy (non-hydrogen) atoms. The van der Waals surface area contributed by atoms with Crippen LogP contribution in [0.25, 0.3) is 107 Å². The van der Waals surface area contributed by atoms with Crippen LogP contribution in [0.4, 0.5) is 8.78 Å². The molecule has 3 heteroatoms. The van der Waals surface area contributed by atoms with E-state index in [1.807, 2.05) is 36.4 Å². The predicted octanol–water partition coefficient (Wildman–Crippen LogP) is 14.6. The maximum absolute atomic E-state index is 15.5. The van der Waals surface area contributed by atoms with E-state index in [0.717, 1.165) is 27.1 Å². The van der Waals surface area contributed by atoms with Crippen LogP contribution in [0.15, 0.2) is 182 Å². The first-order valence-electron chi connectivity index (χ1n) is 18.5. The summed E-state index contributed by atoms with van der Waals surface area (Å²) in [7, 11) is 0. The molecule has 0 radical (unpaired) electrons. The Balaban J connectivity index is 1.18. The Morgan fingerprint density at radius 2 is 0.727 bits per heavy atom. The molecule has 258 valence electrons. The van der Waals surface area contributed by atoms with Crippen LogP contribution < -0.4 is 0 Å². The van der Waals surface area contributed by atoms with Gasteiger partial charge < -0.3 is 0 Å². The quantitative estimate of drug-likeness (QED) is 0.123. The van der Waals surface area contributed by atoms with E-state index in [4.69, 9.17) is 0 Å². The van der Waals surface area contributed by atoms with Gasteiger partial charge >= 0.3 is 324 Å². The van der Waals surface area contributed by atoms with E-state index in [9.17, 15) is 0 Å². The van der Waals surface area contributed by atoms with Gasteiger partial charge in [0.1, 0.15) is 0 Å². The first kappa shape index (κ1) is 32.1. The van der Waals surface area contributed by atoms with Gasteiger partial charge in [0.2, 0.25) is 0 Å². The minimum absolute atomic E-state index is 0.0146. The van der Waals surface area contributed by atoms with E-state index >= 15 is 8.78 Å². The fraction of sp³-hybridized carbons (Fsp3) is 0. The van der Waals surface area contributed by atoms with Crippen LogP contribution in [0.5, 0.6) is 0 Å². The van der Waals surface area contributed by atoms with Gasteiger partial charge in [-0.15, -0.1) is 0 Å². The van der Waals surface area contributed by atoms with E-state index < -0.39 is 11.6 Å². The number of fused-ring (bicyclic) bond motifs is 7. The molecule has 0 saturated heterocycles. The van der Waals surface area contributed by atoms with E-state index in [2.05, 4.69) is 127 Å². The van der Waals surface area contributed by atoms with Crippen LogP contribution >= 0.6 is 0 Å². The fourth-order valence-electron chi connectivity index (χ4n) is 8.93. The first-order chi connectivity index (χ1) is 27.2. The topological polar surface area (TPSA) is 0 Å². The van der Waals surface area contributed by atoms with E-state index in [1.165, 1.54) is 86.9 Å². The molecule has 0 unspecified atom stereocenters. The zero-order valence-corrected chi connectivity index (χ0v) is 31.2. The average Bonchev–Trinajstić information content (AvgIpc) is 3.61. The van der Waals surface area contributed by atoms with Gasteiger partial charge in [-0.2, -0.15) is 0 Å². The van der Waals surface area contributed by atoms with Crippen LogP contribution in [-0.4, -0.2) is 14.5 Å². The van der Waals surface area contributed by atoms with Gasteiger partial charge in [0, 0.05) is 0 Å². The fourth-order valence-corrected chi connectivity index (χ4v) is 11.5. The summed E-state index contributed by atoms with van der Waals surface area (Å²) < 4.78 is 33.8. The molecule has 0 atom stereocenters. The molecule has 11 aromatic rings. The van der Waals surface area contributed by atoms with Crippen molar-refractivity contribution in [2.75, 3.05) is 0 Å². The Morgan fingerprint density at radius 3 is 1.27 bits per heavy atom. The van der Waals surface area contributed by atoms with Crippen molar-refractivity contribution in [2.45, 2.75) is 0 Å². The van der Waals surface area contributed by atoms with Crippen molar-refractivity contribution >= 4 is 76.9 Å². The Bertz CT molecular complexity index is 3210. The molecule has 1 heterocycles. The second-order valence-corrected chi connectivity index (χ2v) is 16.3. The van der Waals surface area contributed by atoms with Crippen molar-refractivity contribution in [1.29, 1.82) is 0 Å². The van der Waals surface area contributed by atoms with Crippen molar-refractivity contribution in [3.05, 3.63) is 194 Å². The van der Waals surface area contributed by atoms with Gasteiger partial charge in [0.25, 0.3) is 0 Å². The van der Waals surface area contributed by atoms with Crippen molar-refractivity contribution in [3.8, 4) is 44.5 Å². The standard InChI is InChI=1S/C52H30F2Se/c53-44-26-13-27-45(54)51(44)50-39-22-10-8-20-37(39)49(38-21-9-11-23-40(38)50)42-25-12-24-41-43-30-32(28-29-46(43)55-52(41)42)48-35-18-6-4-16-33(35)47(31-14-2-1-3-15-31)34-17-5-7-19-36(34)48/h1-30H. The Labute approximate surface area is 322 Å². The zero-order valence-electron chi connectivity index (χ0n) is 29.5. The third-order valence-corrected chi connectivity index (χ3v) is 13.8. The SMILES string of the molecule is Fc1cccc(F)c1-c1c2ccccc2c(-c2cccc3c2[se]c2ccc(-c4c5ccccc5c(-c5ccccc5)c5ccccc45)cc23)c2ccccc12. The van der Waals surface area contributed by atoms with E-state index in [-0.39, 0.29) is 20.1 Å². The predicted molar refractivity (Wildman–Crippen MR) is 230 cm³/mol. The summed E-state index contributed by atoms with van der Waals surface area (Å²) in [6.45, 7) is 0. The summed E-state index contributed by atoms with van der Waals surface area (Å²) in [5.74, 6) is -1.12. The molecule has 0 fully saturated rings. The van der Waals surface area contributed by atoms with Gasteiger partial charge in [0.05, 0.1) is 0 Å². The van der Waals surface area contributed by atoms with Crippen LogP contribution in [0.2, 0.25) is 0 Å². The second kappa shape index (κ2) is 12.6. The molecule has 0 amide bonds. The number of benzene rings is 10. The van der Waals surface area contributed by atoms with E-state index in [1.54, 1.807) is 0 Å². The molecule has 0 saturated carbocycles. The summed E-state index contributed by atoms with van der Waals surface area (Å²) in [5, 5.41) is 11.1. The van der Waals surface area contributed by atoms with Gasteiger partial charge in [-0.05, 0) is 0 Å². The molecule has 0 bridgehead atoms. The maximum atomic E-state index is 15.5. The Hall–Kier alpha value is -6.38. The van der Waals surface area contributed by atoms with Gasteiger partial charge in [-0.25, -0.2) is 0 Å². The van der Waals surface area contributed by atoms with Crippen LogP contribution in [-0.2, 0) is 0 Å². The first-order valence-corrected chi connectivity index (χ1v) is 20.2. The minimum atomic E-state index is -0.562. The number of hydrogen-bond donors (Lipinski definition) is 0. The molecular formula is C52H30F2Se. The molecule has 0 aliphatic heterocycles. The molecule has 0 N–H and O–H groups in total. The van der Waals surface area contributed by atoms with E-state index in [0.29, 0.717) is 5.56 Å². The van der Waals surface area contributed by atoms with Gasteiger partial charge in [-0.3, -0.25) is 0 Å². The molecule has 10 aromatic carbocycles. The van der Waals surface area contributed by atoms with Crippen LogP contribution in [0.1, 0.15) is 0 Å². The average molecular weight is 772 g/mol. The van der Waals surface area contributed by atoms with Crippen molar-refractivity contribution in [1.82, 2.24) is 0 Å². The molecule has 0 spiro atoms. The molecular weight excluding hydrogens is 742 g/mol. The molecule has 1 aromatic heterocycles. The zero-order chi connectivity index (χ0) is 36.6. The Morgan fingerprint density at radius 1 is 0.291 bits per heavy atom. The number of hydrogen-bond acceptors (Lipinski definition) is 0. The monoisotopic (exact) mass is 772 g/mol. The van der Waals surface area contributed by atoms with Crippen molar-refractivity contribution < 1.29 is 8.78 Å². The third-order valence-electron chi connectivity index (χ3n) is 11.2. The van der Waals surface area contributed by atoms with Gasteiger partial charge in [-0.1, -0.05) is 0 Å². The van der Waals surface area contributed by atoms with Crippen molar-refractivity contribution in [3.63, 3.8) is 0 Å². The Kier molecular flexibility index (Phi) is 7.35. The normalized spacial score (nSPS) is 11.8. The molecule has 11 rings (SSSR count). The van der Waals surface area contributed by atoms with Crippen molar-refractivity contribution in [2.24, 2.45) is 0 Å². The van der Waals surface area contributed by atoms with Crippen LogP contribution in [0.3, 0.4) is 0 Å². The molecule has 0 aliphatic carbocycles. The summed E-state index contributed by atoms with van der Waals surface area (Å²) in [4.78, 5) is 0. The molecule has 0 aliphatic rings. The second-order valence-electron chi connectivity index (χ2n) is 14.1. The summed E-state index contributed by atoms with van der Waals surface area (Å²) in [5.41, 5.74) is 7.81. The van der Waals surface area contributed by atoms with Crippen LogP contribution in [0, 0.1) is 11.6 Å². The third kappa shape index (κ3) is 4.87. The summed E-state index contributed by atoms with van der Waals surface area (Å²) in [6.07, 6.45) is 0. The van der Waals surface area contributed by atoms with Gasteiger partial charge in [0.15, 0.2) is 0 Å². The summed E-state index contributed by atoms with van der Waals surface area (Å²) in [6, 6.07) is 62.3. The number of rotatable bonds is 4.